The fraction of sp³-hybridized carbons (Fsp3) is 0.125. The summed E-state index contributed by atoms with van der Waals surface area (Å²) in [6.07, 6.45) is 0. The first kappa shape index (κ1) is 22.2. The maximum atomic E-state index is 12.6. The van der Waals surface area contributed by atoms with Crippen molar-refractivity contribution in [3.8, 4) is 5.75 Å². The second-order valence-electron chi connectivity index (χ2n) is 7.26. The van der Waals surface area contributed by atoms with Crippen molar-refractivity contribution in [2.75, 3.05) is 0 Å². The number of carbonyl (C=O) groups is 1. The summed E-state index contributed by atoms with van der Waals surface area (Å²) in [4.78, 5) is 24.0. The first-order valence-electron chi connectivity index (χ1n) is 9.99. The topological polar surface area (TPSA) is 108 Å². The van der Waals surface area contributed by atoms with Crippen LogP contribution in [0.5, 0.6) is 5.75 Å². The predicted molar refractivity (Wildman–Crippen MR) is 122 cm³/mol. The van der Waals surface area contributed by atoms with Gasteiger partial charge in [0.05, 0.1) is 9.82 Å². The van der Waals surface area contributed by atoms with Crippen LogP contribution in [0.3, 0.4) is 0 Å². The molecule has 4 rings (SSSR count). The Morgan fingerprint density at radius 2 is 1.82 bits per heavy atom. The first-order chi connectivity index (χ1) is 15.9. The Morgan fingerprint density at radius 3 is 2.58 bits per heavy atom. The molecule has 0 N–H and O–H groups in total. The zero-order valence-corrected chi connectivity index (χ0v) is 18.7. The molecule has 0 aliphatic carbocycles. The van der Waals surface area contributed by atoms with E-state index in [1.54, 1.807) is 36.4 Å². The van der Waals surface area contributed by atoms with Crippen LogP contribution < -0.4 is 4.74 Å². The van der Waals surface area contributed by atoms with Gasteiger partial charge in [0.25, 0.3) is 16.8 Å². The van der Waals surface area contributed by atoms with Gasteiger partial charge in [-0.05, 0) is 54.9 Å². The van der Waals surface area contributed by atoms with E-state index in [2.05, 4.69) is 10.2 Å². The number of aryl methyl sites for hydroxylation is 2. The molecule has 0 unspecified atom stereocenters. The summed E-state index contributed by atoms with van der Waals surface area (Å²) in [6, 6.07) is 18.8. The van der Waals surface area contributed by atoms with E-state index >= 15 is 0 Å². The van der Waals surface area contributed by atoms with Crippen molar-refractivity contribution in [3.63, 3.8) is 0 Å². The number of aromatic nitrogens is 2. The highest BCUT2D eigenvalue weighted by atomic mass is 32.2. The Kier molecular flexibility index (Phi) is 6.50. The minimum absolute atomic E-state index is 0.0739. The molecule has 3 aromatic carbocycles. The van der Waals surface area contributed by atoms with E-state index in [4.69, 9.17) is 9.15 Å². The molecule has 1 aromatic heterocycles. The lowest BCUT2D eigenvalue weighted by Crippen LogP contribution is -2.02. The molecule has 0 bridgehead atoms. The van der Waals surface area contributed by atoms with Crippen LogP contribution >= 0.6 is 11.8 Å². The van der Waals surface area contributed by atoms with Crippen LogP contribution in [-0.2, 0) is 6.61 Å². The van der Waals surface area contributed by atoms with Crippen LogP contribution in [0.25, 0.3) is 0 Å². The zero-order chi connectivity index (χ0) is 23.4. The fourth-order valence-corrected chi connectivity index (χ4v) is 3.86. The molecule has 0 saturated heterocycles. The number of ketones is 1. The van der Waals surface area contributed by atoms with Crippen LogP contribution in [0.4, 0.5) is 5.69 Å². The van der Waals surface area contributed by atoms with Gasteiger partial charge in [0.1, 0.15) is 5.75 Å². The van der Waals surface area contributed by atoms with Crippen molar-refractivity contribution in [2.45, 2.75) is 30.6 Å². The minimum atomic E-state index is -0.537. The first-order valence-corrected chi connectivity index (χ1v) is 10.8. The molecule has 1 heterocycles. The van der Waals surface area contributed by atoms with Crippen LogP contribution in [0.1, 0.15) is 32.9 Å². The van der Waals surface area contributed by atoms with Gasteiger partial charge in [-0.15, -0.1) is 10.2 Å². The molecule has 0 amide bonds. The van der Waals surface area contributed by atoms with Gasteiger partial charge in [-0.3, -0.25) is 14.9 Å². The number of hydrogen-bond donors (Lipinski definition) is 0. The van der Waals surface area contributed by atoms with E-state index in [0.717, 1.165) is 28.6 Å². The number of nitrogens with zero attached hydrogens (tertiary/aromatic N) is 3. The molecule has 0 atom stereocenters. The molecule has 33 heavy (non-hydrogen) atoms. The van der Waals surface area contributed by atoms with E-state index in [-0.39, 0.29) is 39.6 Å². The third kappa shape index (κ3) is 5.27. The molecule has 0 fully saturated rings. The number of benzene rings is 3. The Hall–Kier alpha value is -3.98. The number of hydrogen-bond acceptors (Lipinski definition) is 8. The molecule has 0 aliphatic rings. The Bertz CT molecular complexity index is 1320. The molecular weight excluding hydrogens is 442 g/mol. The summed E-state index contributed by atoms with van der Waals surface area (Å²) in [6.45, 7) is 3.99. The normalized spacial score (nSPS) is 10.7. The molecule has 0 radical (unpaired) electrons. The number of rotatable bonds is 8. The summed E-state index contributed by atoms with van der Waals surface area (Å²) in [5.41, 5.74) is 2.52. The van der Waals surface area contributed by atoms with Gasteiger partial charge in [0, 0.05) is 17.2 Å². The summed E-state index contributed by atoms with van der Waals surface area (Å²) >= 11 is 0.958. The highest BCUT2D eigenvalue weighted by Crippen LogP contribution is 2.35. The van der Waals surface area contributed by atoms with Gasteiger partial charge < -0.3 is 9.15 Å². The second kappa shape index (κ2) is 9.66. The maximum absolute atomic E-state index is 12.6. The van der Waals surface area contributed by atoms with Gasteiger partial charge in [-0.25, -0.2) is 0 Å². The molecule has 0 spiro atoms. The monoisotopic (exact) mass is 461 g/mol. The molecule has 4 aromatic rings. The molecular formula is C24H19N3O5S. The standard InChI is InChI=1S/C24H19N3O5S/c1-15-8-9-16(2)20(12-15)31-14-22-25-26-24(32-22)33-21-11-10-18(13-19(21)27(29)30)23(28)17-6-4-3-5-7-17/h3-13H,14H2,1-2H3. The number of ether oxygens (including phenoxy) is 1. The van der Waals surface area contributed by atoms with Crippen molar-refractivity contribution in [1.29, 1.82) is 0 Å². The van der Waals surface area contributed by atoms with Crippen molar-refractivity contribution >= 4 is 23.2 Å². The Morgan fingerprint density at radius 1 is 1.03 bits per heavy atom. The summed E-state index contributed by atoms with van der Waals surface area (Å²) < 4.78 is 11.3. The lowest BCUT2D eigenvalue weighted by molar-refractivity contribution is -0.387. The fourth-order valence-electron chi connectivity index (χ4n) is 3.08. The van der Waals surface area contributed by atoms with Gasteiger partial charge in [0.2, 0.25) is 0 Å². The predicted octanol–water partition coefficient (Wildman–Crippen LogP) is 5.56. The smallest absolute Gasteiger partial charge is 0.284 e. The zero-order valence-electron chi connectivity index (χ0n) is 17.8. The SMILES string of the molecule is Cc1ccc(C)c(OCc2nnc(Sc3ccc(C(=O)c4ccccc4)cc3[N+](=O)[O-])o2)c1. The van der Waals surface area contributed by atoms with Crippen LogP contribution in [0.15, 0.2) is 81.3 Å². The molecule has 0 aliphatic heterocycles. The largest absolute Gasteiger partial charge is 0.484 e. The number of nitro benzene ring substituents is 1. The van der Waals surface area contributed by atoms with E-state index in [1.807, 2.05) is 32.0 Å². The van der Waals surface area contributed by atoms with Crippen molar-refractivity contribution in [3.05, 3.63) is 105 Å². The maximum Gasteiger partial charge on any atom is 0.284 e. The Balaban J connectivity index is 1.50. The van der Waals surface area contributed by atoms with Crippen molar-refractivity contribution in [2.24, 2.45) is 0 Å². The van der Waals surface area contributed by atoms with E-state index in [0.29, 0.717) is 5.56 Å². The number of carbonyl (C=O) groups excluding carboxylic acids is 1. The van der Waals surface area contributed by atoms with Gasteiger partial charge in [0.15, 0.2) is 12.4 Å². The van der Waals surface area contributed by atoms with Crippen LogP contribution in [0.2, 0.25) is 0 Å². The Labute approximate surface area is 193 Å². The average molecular weight is 461 g/mol. The summed E-state index contributed by atoms with van der Waals surface area (Å²) in [7, 11) is 0. The highest BCUT2D eigenvalue weighted by molar-refractivity contribution is 7.99. The quantitative estimate of drug-likeness (QED) is 0.191. The van der Waals surface area contributed by atoms with Gasteiger partial charge in [-0.2, -0.15) is 0 Å². The van der Waals surface area contributed by atoms with Gasteiger partial charge in [-0.1, -0.05) is 42.5 Å². The summed E-state index contributed by atoms with van der Waals surface area (Å²) in [5, 5.41) is 19.7. The van der Waals surface area contributed by atoms with Crippen molar-refractivity contribution < 1.29 is 18.9 Å². The lowest BCUT2D eigenvalue weighted by Gasteiger charge is -2.07. The van der Waals surface area contributed by atoms with Crippen LogP contribution in [-0.4, -0.2) is 20.9 Å². The van der Waals surface area contributed by atoms with Gasteiger partial charge >= 0.3 is 0 Å². The van der Waals surface area contributed by atoms with Crippen molar-refractivity contribution in [1.82, 2.24) is 10.2 Å². The highest BCUT2D eigenvalue weighted by Gasteiger charge is 2.21. The molecule has 9 heteroatoms. The molecule has 8 nitrogen and oxygen atoms in total. The summed E-state index contributed by atoms with van der Waals surface area (Å²) in [5.74, 6) is 0.674. The second-order valence-corrected chi connectivity index (χ2v) is 8.25. The lowest BCUT2D eigenvalue weighted by atomic mass is 10.0. The number of nitro groups is 1. The minimum Gasteiger partial charge on any atom is -0.484 e. The molecule has 166 valence electrons. The third-order valence-electron chi connectivity index (χ3n) is 4.79. The third-order valence-corrected chi connectivity index (χ3v) is 5.70. The van der Waals surface area contributed by atoms with E-state index in [1.165, 1.54) is 12.1 Å². The molecule has 0 saturated carbocycles. The van der Waals surface area contributed by atoms with E-state index < -0.39 is 4.92 Å². The van der Waals surface area contributed by atoms with Crippen LogP contribution in [0, 0.1) is 24.0 Å². The average Bonchev–Trinajstić information content (AvgIpc) is 3.27. The van der Waals surface area contributed by atoms with E-state index in [9.17, 15) is 14.9 Å².